The van der Waals surface area contributed by atoms with E-state index < -0.39 is 17.8 Å². The van der Waals surface area contributed by atoms with Crippen molar-refractivity contribution in [2.75, 3.05) is 25.5 Å². The minimum absolute atomic E-state index is 0.282. The fourth-order valence-corrected chi connectivity index (χ4v) is 4.77. The highest BCUT2D eigenvalue weighted by Crippen LogP contribution is 2.27. The summed E-state index contributed by atoms with van der Waals surface area (Å²) in [7, 11) is 1.64. The molecule has 2 heterocycles. The van der Waals surface area contributed by atoms with E-state index in [4.69, 9.17) is 4.74 Å². The number of carboxylic acids is 1. The van der Waals surface area contributed by atoms with Crippen LogP contribution in [0.3, 0.4) is 0 Å². The number of amides is 1. The molecule has 1 aliphatic heterocycles. The lowest BCUT2D eigenvalue weighted by Crippen LogP contribution is -2.32. The molecule has 1 fully saturated rings. The third-order valence-corrected chi connectivity index (χ3v) is 6.63. The minimum atomic E-state index is -0.946. The Hall–Kier alpha value is -4.17. The summed E-state index contributed by atoms with van der Waals surface area (Å²) in [6.45, 7) is 1.36. The Labute approximate surface area is 208 Å². The Morgan fingerprint density at radius 1 is 1.03 bits per heavy atom. The van der Waals surface area contributed by atoms with E-state index >= 15 is 0 Å². The number of aliphatic carboxylic acids is 1. The van der Waals surface area contributed by atoms with Crippen LogP contribution in [-0.2, 0) is 22.6 Å². The number of fused-ring (bicyclic) bond motifs is 1. The summed E-state index contributed by atoms with van der Waals surface area (Å²) >= 11 is 0. The third-order valence-electron chi connectivity index (χ3n) is 6.63. The fourth-order valence-electron chi connectivity index (χ4n) is 4.77. The van der Waals surface area contributed by atoms with Crippen LogP contribution in [0.25, 0.3) is 11.0 Å². The van der Waals surface area contributed by atoms with E-state index in [1.807, 2.05) is 71.6 Å². The van der Waals surface area contributed by atoms with Gasteiger partial charge in [0.2, 0.25) is 5.91 Å². The standard InChI is InChI=1S/C28H28N4O4/c1-36-21-10-7-18(8-11-21)13-26-30-24-12-9-20(14-25(24)31-26)29-27(33)22-16-32(17-23(22)28(34)35)15-19-5-3-2-4-6-19/h2-12,14,22-23H,13,15-17H2,1H3,(H,29,33)(H,30,31)(H,34,35). The SMILES string of the molecule is COc1ccc(Cc2nc3ccc(NC(=O)C4CN(Cc5ccccc5)CC4C(=O)O)cc3[nH]2)cc1. The van der Waals surface area contributed by atoms with Crippen molar-refractivity contribution in [2.45, 2.75) is 13.0 Å². The predicted octanol–water partition coefficient (Wildman–Crippen LogP) is 3.93. The Bertz CT molecular complexity index is 1370. The van der Waals surface area contributed by atoms with Crippen molar-refractivity contribution in [2.24, 2.45) is 11.8 Å². The minimum Gasteiger partial charge on any atom is -0.497 e. The molecule has 1 saturated heterocycles. The van der Waals surface area contributed by atoms with Gasteiger partial charge in [0.25, 0.3) is 0 Å². The molecule has 8 nitrogen and oxygen atoms in total. The number of ether oxygens (including phenoxy) is 1. The zero-order valence-corrected chi connectivity index (χ0v) is 20.0. The van der Waals surface area contributed by atoms with Gasteiger partial charge in [-0.05, 0) is 41.5 Å². The molecule has 8 heteroatoms. The van der Waals surface area contributed by atoms with Crippen LogP contribution < -0.4 is 10.1 Å². The number of methoxy groups -OCH3 is 1. The van der Waals surface area contributed by atoms with E-state index in [1.54, 1.807) is 13.2 Å². The van der Waals surface area contributed by atoms with Crippen LogP contribution in [0.4, 0.5) is 5.69 Å². The molecule has 2 unspecified atom stereocenters. The summed E-state index contributed by atoms with van der Waals surface area (Å²) in [6, 6.07) is 23.2. The second-order valence-electron chi connectivity index (χ2n) is 9.16. The first-order valence-corrected chi connectivity index (χ1v) is 11.9. The fraction of sp³-hybridized carbons (Fsp3) is 0.250. The molecule has 3 N–H and O–H groups in total. The normalized spacial score (nSPS) is 17.8. The Kier molecular flexibility index (Phi) is 6.69. The number of carbonyl (C=O) groups excluding carboxylic acids is 1. The number of nitrogens with zero attached hydrogens (tertiary/aromatic N) is 2. The molecular formula is C28H28N4O4. The third kappa shape index (κ3) is 5.23. The molecular weight excluding hydrogens is 456 g/mol. The quantitative estimate of drug-likeness (QED) is 0.350. The summed E-state index contributed by atoms with van der Waals surface area (Å²) in [6.07, 6.45) is 0.639. The summed E-state index contributed by atoms with van der Waals surface area (Å²) in [5.41, 5.74) is 4.41. The van der Waals surface area contributed by atoms with Crippen molar-refractivity contribution in [1.29, 1.82) is 0 Å². The van der Waals surface area contributed by atoms with E-state index in [1.165, 1.54) is 0 Å². The average Bonchev–Trinajstić information content (AvgIpc) is 3.49. The topological polar surface area (TPSA) is 108 Å². The van der Waals surface area contributed by atoms with E-state index in [2.05, 4.69) is 15.3 Å². The molecule has 0 aliphatic carbocycles. The maximum atomic E-state index is 13.1. The van der Waals surface area contributed by atoms with Gasteiger partial charge in [0.1, 0.15) is 11.6 Å². The molecule has 4 aromatic rings. The number of carbonyl (C=O) groups is 2. The summed E-state index contributed by atoms with van der Waals surface area (Å²) in [4.78, 5) is 35.0. The zero-order chi connectivity index (χ0) is 25.1. The predicted molar refractivity (Wildman–Crippen MR) is 137 cm³/mol. The summed E-state index contributed by atoms with van der Waals surface area (Å²) < 4.78 is 5.21. The molecule has 1 amide bonds. The number of hydrogen-bond acceptors (Lipinski definition) is 5. The molecule has 3 aromatic carbocycles. The largest absolute Gasteiger partial charge is 0.497 e. The molecule has 2 atom stereocenters. The monoisotopic (exact) mass is 484 g/mol. The second-order valence-corrected chi connectivity index (χ2v) is 9.16. The lowest BCUT2D eigenvalue weighted by molar-refractivity contribution is -0.144. The van der Waals surface area contributed by atoms with Gasteiger partial charge in [0.05, 0.1) is 30.0 Å². The van der Waals surface area contributed by atoms with Gasteiger partial charge in [-0.2, -0.15) is 0 Å². The maximum absolute atomic E-state index is 13.1. The van der Waals surface area contributed by atoms with Crippen molar-refractivity contribution in [3.63, 3.8) is 0 Å². The number of aromatic amines is 1. The van der Waals surface area contributed by atoms with Gasteiger partial charge in [0.15, 0.2) is 0 Å². The van der Waals surface area contributed by atoms with Gasteiger partial charge < -0.3 is 20.1 Å². The van der Waals surface area contributed by atoms with Gasteiger partial charge >= 0.3 is 5.97 Å². The number of hydrogen-bond donors (Lipinski definition) is 3. The second kappa shape index (κ2) is 10.2. The van der Waals surface area contributed by atoms with Crippen LogP contribution >= 0.6 is 0 Å². The number of H-pyrrole nitrogens is 1. The van der Waals surface area contributed by atoms with Crippen LogP contribution in [0.2, 0.25) is 0 Å². The number of benzene rings is 3. The van der Waals surface area contributed by atoms with Crippen molar-refractivity contribution in [1.82, 2.24) is 14.9 Å². The van der Waals surface area contributed by atoms with Crippen molar-refractivity contribution in [3.8, 4) is 5.75 Å². The highest BCUT2D eigenvalue weighted by Gasteiger charge is 2.41. The number of carboxylic acid groups (broad SMARTS) is 1. The number of nitrogens with one attached hydrogen (secondary N) is 2. The van der Waals surface area contributed by atoms with E-state index in [9.17, 15) is 14.7 Å². The van der Waals surface area contributed by atoms with Gasteiger partial charge in [0, 0.05) is 31.7 Å². The Morgan fingerprint density at radius 2 is 1.78 bits per heavy atom. The number of rotatable bonds is 8. The maximum Gasteiger partial charge on any atom is 0.308 e. The van der Waals surface area contributed by atoms with E-state index in [-0.39, 0.29) is 5.91 Å². The first-order chi connectivity index (χ1) is 17.5. The summed E-state index contributed by atoms with van der Waals surface area (Å²) in [5, 5.41) is 12.7. The van der Waals surface area contributed by atoms with Crippen molar-refractivity contribution < 1.29 is 19.4 Å². The lowest BCUT2D eigenvalue weighted by Gasteiger charge is -2.16. The molecule has 0 bridgehead atoms. The average molecular weight is 485 g/mol. The van der Waals surface area contributed by atoms with Crippen LogP contribution in [-0.4, -0.2) is 52.1 Å². The lowest BCUT2D eigenvalue weighted by atomic mass is 9.95. The smallest absolute Gasteiger partial charge is 0.308 e. The molecule has 1 aliphatic rings. The van der Waals surface area contributed by atoms with E-state index in [0.717, 1.165) is 33.7 Å². The number of aromatic nitrogens is 2. The first kappa shape index (κ1) is 23.6. The number of imidazole rings is 1. The van der Waals surface area contributed by atoms with Gasteiger partial charge in [-0.15, -0.1) is 0 Å². The molecule has 0 spiro atoms. The van der Waals surface area contributed by atoms with Crippen molar-refractivity contribution >= 4 is 28.6 Å². The molecule has 0 radical (unpaired) electrons. The van der Waals surface area contributed by atoms with Crippen LogP contribution in [0.15, 0.2) is 72.8 Å². The molecule has 0 saturated carbocycles. The molecule has 5 rings (SSSR count). The molecule has 1 aromatic heterocycles. The highest BCUT2D eigenvalue weighted by molar-refractivity contribution is 5.97. The van der Waals surface area contributed by atoms with Crippen molar-refractivity contribution in [3.05, 3.63) is 89.7 Å². The van der Waals surface area contributed by atoms with Gasteiger partial charge in [-0.3, -0.25) is 14.5 Å². The van der Waals surface area contributed by atoms with Gasteiger partial charge in [-0.1, -0.05) is 42.5 Å². The van der Waals surface area contributed by atoms with Crippen LogP contribution in [0, 0.1) is 11.8 Å². The molecule has 36 heavy (non-hydrogen) atoms. The molecule has 184 valence electrons. The Morgan fingerprint density at radius 3 is 2.50 bits per heavy atom. The Balaban J connectivity index is 1.27. The van der Waals surface area contributed by atoms with Crippen LogP contribution in [0.1, 0.15) is 17.0 Å². The van der Waals surface area contributed by atoms with Crippen LogP contribution in [0.5, 0.6) is 5.75 Å². The van der Waals surface area contributed by atoms with E-state index in [0.29, 0.717) is 31.7 Å². The first-order valence-electron chi connectivity index (χ1n) is 11.9. The number of likely N-dealkylation sites (tertiary alicyclic amines) is 1. The van der Waals surface area contributed by atoms with Gasteiger partial charge in [-0.25, -0.2) is 4.98 Å². The zero-order valence-electron chi connectivity index (χ0n) is 20.0. The highest BCUT2D eigenvalue weighted by atomic mass is 16.5. The number of anilines is 1. The summed E-state index contributed by atoms with van der Waals surface area (Å²) in [5.74, 6) is -0.987.